The Hall–Kier alpha value is -4.22. The minimum Gasteiger partial charge on any atom is -0.427 e. The van der Waals surface area contributed by atoms with E-state index in [2.05, 4.69) is 18.2 Å². The molecule has 0 aliphatic heterocycles. The number of aromatic nitrogens is 1. The van der Waals surface area contributed by atoms with E-state index in [9.17, 15) is 9.59 Å². The van der Waals surface area contributed by atoms with E-state index in [1.165, 1.54) is 0 Å². The SMILES string of the molecule is O=C(CCC1(CCC(=O)Oc2ccccc2)C2=CC(Cl)CC=C2c2nc3ccccc3cc21)Oc1ccccc1. The molecular weight excluding hydrogens is 522 g/mol. The Kier molecular flexibility index (Phi) is 7.23. The molecule has 2 aliphatic carbocycles. The highest BCUT2D eigenvalue weighted by molar-refractivity contribution is 6.22. The Balaban J connectivity index is 1.37. The lowest BCUT2D eigenvalue weighted by Gasteiger charge is -2.33. The average molecular weight is 550 g/mol. The van der Waals surface area contributed by atoms with Gasteiger partial charge in [-0.25, -0.2) is 4.98 Å². The van der Waals surface area contributed by atoms with Gasteiger partial charge in [-0.3, -0.25) is 9.59 Å². The van der Waals surface area contributed by atoms with Gasteiger partial charge in [-0.15, -0.1) is 11.6 Å². The molecule has 1 aromatic heterocycles. The molecule has 6 rings (SSSR count). The number of hydrogen-bond acceptors (Lipinski definition) is 5. The second-order valence-corrected chi connectivity index (χ2v) is 10.7. The summed E-state index contributed by atoms with van der Waals surface area (Å²) in [7, 11) is 0. The van der Waals surface area contributed by atoms with Crippen molar-refractivity contribution in [1.82, 2.24) is 4.98 Å². The summed E-state index contributed by atoms with van der Waals surface area (Å²) >= 11 is 6.67. The van der Waals surface area contributed by atoms with Crippen LogP contribution in [0.1, 0.15) is 43.4 Å². The van der Waals surface area contributed by atoms with Gasteiger partial charge < -0.3 is 9.47 Å². The molecule has 0 radical (unpaired) electrons. The zero-order chi connectivity index (χ0) is 27.5. The van der Waals surface area contributed by atoms with Crippen LogP contribution in [0, 0.1) is 0 Å². The van der Waals surface area contributed by atoms with E-state index < -0.39 is 5.41 Å². The molecule has 40 heavy (non-hydrogen) atoms. The number of hydrogen-bond donors (Lipinski definition) is 0. The molecule has 6 heteroatoms. The maximum absolute atomic E-state index is 13.0. The Morgan fingerprint density at radius 3 is 2.02 bits per heavy atom. The number of para-hydroxylation sites is 3. The maximum atomic E-state index is 13.0. The Bertz CT molecular complexity index is 1570. The molecule has 0 spiro atoms. The minimum absolute atomic E-state index is 0.159. The monoisotopic (exact) mass is 549 g/mol. The molecule has 0 saturated heterocycles. The van der Waals surface area contributed by atoms with Crippen LogP contribution in [0.2, 0.25) is 0 Å². The number of esters is 2. The van der Waals surface area contributed by atoms with Crippen LogP contribution in [-0.2, 0) is 15.0 Å². The number of alkyl halides is 1. The van der Waals surface area contributed by atoms with Gasteiger partial charge in [-0.2, -0.15) is 0 Å². The number of benzene rings is 3. The molecule has 4 aromatic rings. The number of pyridine rings is 1. The van der Waals surface area contributed by atoms with Crippen molar-refractivity contribution in [1.29, 1.82) is 0 Å². The first-order valence-corrected chi connectivity index (χ1v) is 13.9. The minimum atomic E-state index is -0.656. The molecule has 0 fully saturated rings. The van der Waals surface area contributed by atoms with Gasteiger partial charge in [0.15, 0.2) is 0 Å². The summed E-state index contributed by atoms with van der Waals surface area (Å²) in [5.41, 5.74) is 4.20. The fourth-order valence-electron chi connectivity index (χ4n) is 5.79. The summed E-state index contributed by atoms with van der Waals surface area (Å²) in [4.78, 5) is 31.2. The van der Waals surface area contributed by atoms with Gasteiger partial charge >= 0.3 is 11.9 Å². The third-order valence-corrected chi connectivity index (χ3v) is 7.96. The quantitative estimate of drug-likeness (QED) is 0.129. The van der Waals surface area contributed by atoms with Gasteiger partial charge in [0.2, 0.25) is 0 Å². The zero-order valence-electron chi connectivity index (χ0n) is 21.9. The fourth-order valence-corrected chi connectivity index (χ4v) is 6.00. The normalized spacial score (nSPS) is 16.9. The van der Waals surface area contributed by atoms with Gasteiger partial charge in [-0.1, -0.05) is 66.7 Å². The Labute approximate surface area is 238 Å². The van der Waals surface area contributed by atoms with Gasteiger partial charge in [0.1, 0.15) is 11.5 Å². The van der Waals surface area contributed by atoms with E-state index in [0.29, 0.717) is 30.8 Å². The topological polar surface area (TPSA) is 65.5 Å². The van der Waals surface area contributed by atoms with Crippen molar-refractivity contribution >= 4 is 40.0 Å². The van der Waals surface area contributed by atoms with Crippen molar-refractivity contribution in [3.63, 3.8) is 0 Å². The second kappa shape index (κ2) is 11.1. The second-order valence-electron chi connectivity index (χ2n) is 10.2. The van der Waals surface area contributed by atoms with E-state index in [4.69, 9.17) is 26.1 Å². The molecule has 5 nitrogen and oxygen atoms in total. The number of nitrogens with zero attached hydrogens (tertiary/aromatic N) is 1. The molecule has 1 unspecified atom stereocenters. The van der Waals surface area contributed by atoms with E-state index in [0.717, 1.165) is 33.3 Å². The van der Waals surface area contributed by atoms with Crippen LogP contribution < -0.4 is 9.47 Å². The van der Waals surface area contributed by atoms with Crippen molar-refractivity contribution in [2.24, 2.45) is 0 Å². The largest absolute Gasteiger partial charge is 0.427 e. The highest BCUT2D eigenvalue weighted by Crippen LogP contribution is 2.56. The molecule has 200 valence electrons. The van der Waals surface area contributed by atoms with Crippen LogP contribution in [-0.4, -0.2) is 22.3 Å². The lowest BCUT2D eigenvalue weighted by atomic mass is 9.70. The van der Waals surface area contributed by atoms with Crippen molar-refractivity contribution in [3.8, 4) is 11.5 Å². The summed E-state index contributed by atoms with van der Waals surface area (Å²) in [6.07, 6.45) is 6.11. The van der Waals surface area contributed by atoms with E-state index in [-0.39, 0.29) is 30.2 Å². The maximum Gasteiger partial charge on any atom is 0.311 e. The lowest BCUT2D eigenvalue weighted by Crippen LogP contribution is -2.30. The number of carbonyl (C=O) groups excluding carboxylic acids is 2. The van der Waals surface area contributed by atoms with E-state index in [1.807, 2.05) is 60.7 Å². The standard InChI is InChI=1S/C34H28ClNO4/c35-24-15-16-27-28(22-24)34(19-17-31(37)39-25-10-3-1-4-11-25,20-18-32(38)40-26-12-5-2-6-13-26)29-21-23-9-7-8-14-30(23)36-33(27)29/h1-14,16,21-22,24H,15,17-20H2. The van der Waals surface area contributed by atoms with Crippen molar-refractivity contribution in [2.75, 3.05) is 0 Å². The predicted molar refractivity (Wildman–Crippen MR) is 156 cm³/mol. The van der Waals surface area contributed by atoms with Crippen LogP contribution in [0.3, 0.4) is 0 Å². The summed E-state index contributed by atoms with van der Waals surface area (Å²) < 4.78 is 11.3. The van der Waals surface area contributed by atoms with Crippen molar-refractivity contribution in [3.05, 3.63) is 120 Å². The summed E-state index contributed by atoms with van der Waals surface area (Å²) in [6, 6.07) is 28.3. The third-order valence-electron chi connectivity index (χ3n) is 7.66. The van der Waals surface area contributed by atoms with E-state index in [1.54, 1.807) is 24.3 Å². The lowest BCUT2D eigenvalue weighted by molar-refractivity contribution is -0.134. The van der Waals surface area contributed by atoms with Crippen molar-refractivity contribution < 1.29 is 19.1 Å². The van der Waals surface area contributed by atoms with E-state index >= 15 is 0 Å². The molecule has 2 aliphatic rings. The molecular formula is C34H28ClNO4. The fraction of sp³-hybridized carbons (Fsp3) is 0.206. The van der Waals surface area contributed by atoms with Crippen LogP contribution >= 0.6 is 11.6 Å². The smallest absolute Gasteiger partial charge is 0.311 e. The zero-order valence-corrected chi connectivity index (χ0v) is 22.6. The van der Waals surface area contributed by atoms with Gasteiger partial charge in [-0.05, 0) is 66.8 Å². The number of halogens is 1. The number of carbonyl (C=O) groups is 2. The van der Waals surface area contributed by atoms with Gasteiger partial charge in [0, 0.05) is 29.2 Å². The average Bonchev–Trinajstić information content (AvgIpc) is 3.23. The summed E-state index contributed by atoms with van der Waals surface area (Å²) in [5, 5.41) is 0.820. The van der Waals surface area contributed by atoms with Gasteiger partial charge in [0.25, 0.3) is 0 Å². The van der Waals surface area contributed by atoms with Crippen LogP contribution in [0.5, 0.6) is 11.5 Å². The molecule has 3 aromatic carbocycles. The first-order valence-electron chi connectivity index (χ1n) is 13.5. The van der Waals surface area contributed by atoms with Crippen molar-refractivity contribution in [2.45, 2.75) is 42.9 Å². The van der Waals surface area contributed by atoms with Crippen LogP contribution in [0.25, 0.3) is 16.5 Å². The molecule has 0 bridgehead atoms. The first kappa shape index (κ1) is 26.0. The van der Waals surface area contributed by atoms with Gasteiger partial charge in [0.05, 0.1) is 16.6 Å². The number of allylic oxidation sites excluding steroid dienone is 4. The molecule has 1 atom stereocenters. The molecule has 0 saturated carbocycles. The summed E-state index contributed by atoms with van der Waals surface area (Å²) in [6.45, 7) is 0. The Morgan fingerprint density at radius 1 is 0.825 bits per heavy atom. The molecule has 0 N–H and O–H groups in total. The molecule has 0 amide bonds. The number of fused-ring (bicyclic) bond motifs is 4. The predicted octanol–water partition coefficient (Wildman–Crippen LogP) is 7.58. The first-order chi connectivity index (χ1) is 19.5. The highest BCUT2D eigenvalue weighted by Gasteiger charge is 2.47. The Morgan fingerprint density at radius 2 is 1.40 bits per heavy atom. The summed E-state index contributed by atoms with van der Waals surface area (Å²) in [5.74, 6) is 0.351. The number of rotatable bonds is 8. The number of ether oxygens (including phenoxy) is 2. The molecule has 1 heterocycles. The highest BCUT2D eigenvalue weighted by atomic mass is 35.5. The third kappa shape index (κ3) is 5.17. The van der Waals surface area contributed by atoms with Crippen LogP contribution in [0.15, 0.2) is 109 Å². The van der Waals surface area contributed by atoms with Crippen LogP contribution in [0.4, 0.5) is 0 Å².